The van der Waals surface area contributed by atoms with Gasteiger partial charge in [0.2, 0.25) is 10.0 Å². The van der Waals surface area contributed by atoms with Crippen LogP contribution in [0.25, 0.3) is 11.5 Å². The first kappa shape index (κ1) is 25.4. The number of benzene rings is 1. The van der Waals surface area contributed by atoms with Crippen molar-refractivity contribution in [2.24, 2.45) is 0 Å². The van der Waals surface area contributed by atoms with Crippen LogP contribution in [-0.2, 0) is 39.7 Å². The lowest BCUT2D eigenvalue weighted by Crippen LogP contribution is -2.38. The Balaban J connectivity index is 1.37. The molecule has 0 saturated heterocycles. The molecular formula is C25H29FN6O4S. The van der Waals surface area contributed by atoms with Crippen LogP contribution in [0.3, 0.4) is 0 Å². The molecule has 196 valence electrons. The molecule has 12 heteroatoms. The molecule has 0 atom stereocenters. The number of hydrogen-bond donors (Lipinski definition) is 1. The zero-order chi connectivity index (χ0) is 26.4. The number of pyridine rings is 1. The van der Waals surface area contributed by atoms with Crippen LogP contribution in [-0.4, -0.2) is 64.4 Å². The van der Waals surface area contributed by atoms with E-state index in [0.717, 1.165) is 18.7 Å². The van der Waals surface area contributed by atoms with Gasteiger partial charge in [-0.05, 0) is 62.1 Å². The summed E-state index contributed by atoms with van der Waals surface area (Å²) in [5, 5.41) is 11.3. The van der Waals surface area contributed by atoms with Crippen LogP contribution >= 0.6 is 0 Å². The van der Waals surface area contributed by atoms with Crippen molar-refractivity contribution in [1.29, 1.82) is 0 Å². The quantitative estimate of drug-likeness (QED) is 0.501. The molecule has 3 aromatic rings. The number of sulfonamides is 1. The van der Waals surface area contributed by atoms with Crippen molar-refractivity contribution >= 4 is 21.7 Å². The Morgan fingerprint density at radius 3 is 2.78 bits per heavy atom. The van der Waals surface area contributed by atoms with Gasteiger partial charge >= 0.3 is 0 Å². The topological polar surface area (TPSA) is 119 Å². The summed E-state index contributed by atoms with van der Waals surface area (Å²) in [5.41, 5.74) is 1.52. The van der Waals surface area contributed by atoms with Crippen molar-refractivity contribution in [2.75, 3.05) is 31.3 Å². The van der Waals surface area contributed by atoms with Crippen molar-refractivity contribution in [3.63, 3.8) is 0 Å². The summed E-state index contributed by atoms with van der Waals surface area (Å²) in [4.78, 5) is 17.6. The normalized spacial score (nSPS) is 16.9. The molecule has 2 aliphatic rings. The van der Waals surface area contributed by atoms with E-state index in [-0.39, 0.29) is 42.4 Å². The third kappa shape index (κ3) is 4.88. The first-order chi connectivity index (χ1) is 17.6. The lowest BCUT2D eigenvalue weighted by atomic mass is 9.97. The van der Waals surface area contributed by atoms with Gasteiger partial charge in [-0.3, -0.25) is 4.79 Å². The highest BCUT2D eigenvalue weighted by Gasteiger charge is 2.34. The van der Waals surface area contributed by atoms with Crippen LogP contribution in [0.2, 0.25) is 0 Å². The fourth-order valence-electron chi connectivity index (χ4n) is 4.91. The number of carbonyl (C=O) groups excluding carboxylic acids is 1. The van der Waals surface area contributed by atoms with E-state index in [1.54, 1.807) is 18.2 Å². The molecule has 0 aliphatic carbocycles. The number of halogens is 1. The van der Waals surface area contributed by atoms with E-state index >= 15 is 0 Å². The molecule has 1 amide bonds. The summed E-state index contributed by atoms with van der Waals surface area (Å²) >= 11 is 0. The average molecular weight is 529 g/mol. The Hall–Kier alpha value is -3.22. The van der Waals surface area contributed by atoms with Gasteiger partial charge in [0.1, 0.15) is 23.2 Å². The molecule has 0 bridgehead atoms. The monoisotopic (exact) mass is 528 g/mol. The number of methoxy groups -OCH3 is 1. The molecule has 1 aromatic carbocycles. The predicted octanol–water partition coefficient (Wildman–Crippen LogP) is 2.75. The number of fused-ring (bicyclic) bond motifs is 2. The van der Waals surface area contributed by atoms with Gasteiger partial charge in [-0.25, -0.2) is 17.8 Å². The van der Waals surface area contributed by atoms with Crippen LogP contribution < -0.4 is 5.32 Å². The highest BCUT2D eigenvalue weighted by molar-refractivity contribution is 7.89. The summed E-state index contributed by atoms with van der Waals surface area (Å²) in [6, 6.07) is 7.89. The van der Waals surface area contributed by atoms with Crippen LogP contribution in [0.1, 0.15) is 47.6 Å². The molecule has 0 radical (unpaired) electrons. The van der Waals surface area contributed by atoms with Gasteiger partial charge in [-0.1, -0.05) is 6.07 Å². The van der Waals surface area contributed by atoms with E-state index < -0.39 is 21.7 Å². The third-order valence-corrected chi connectivity index (χ3v) is 8.75. The molecule has 0 unspecified atom stereocenters. The minimum absolute atomic E-state index is 0.0729. The molecule has 0 spiro atoms. The number of carbonyl (C=O) groups is 1. The van der Waals surface area contributed by atoms with E-state index in [4.69, 9.17) is 4.74 Å². The Kier molecular flexibility index (Phi) is 6.59. The van der Waals surface area contributed by atoms with E-state index in [9.17, 15) is 17.6 Å². The number of hydrogen-bond acceptors (Lipinski definition) is 7. The predicted molar refractivity (Wildman–Crippen MR) is 135 cm³/mol. The fraction of sp³-hybridized carbons (Fsp3) is 0.440. The number of rotatable bonds is 7. The smallest absolute Gasteiger partial charge is 0.259 e. The number of nitrogens with zero attached hydrogens (tertiary/aromatic N) is 5. The van der Waals surface area contributed by atoms with Gasteiger partial charge in [0, 0.05) is 32.2 Å². The number of anilines is 1. The van der Waals surface area contributed by atoms with E-state index in [0.29, 0.717) is 29.1 Å². The van der Waals surface area contributed by atoms with Gasteiger partial charge < -0.3 is 14.6 Å². The Morgan fingerprint density at radius 2 is 2.00 bits per heavy atom. The molecule has 10 nitrogen and oxygen atoms in total. The van der Waals surface area contributed by atoms with Crippen LogP contribution in [0.4, 0.5) is 10.2 Å². The largest absolute Gasteiger partial charge is 0.384 e. The molecule has 2 aromatic heterocycles. The van der Waals surface area contributed by atoms with Crippen molar-refractivity contribution in [3.8, 4) is 11.5 Å². The van der Waals surface area contributed by atoms with Gasteiger partial charge in [0.15, 0.2) is 5.82 Å². The summed E-state index contributed by atoms with van der Waals surface area (Å²) < 4.78 is 48.4. The molecule has 1 N–H and O–H groups in total. The molecular weight excluding hydrogens is 499 g/mol. The Labute approximate surface area is 214 Å². The lowest BCUT2D eigenvalue weighted by Gasteiger charge is -2.28. The summed E-state index contributed by atoms with van der Waals surface area (Å²) in [6.45, 7) is 4.65. The first-order valence-corrected chi connectivity index (χ1v) is 13.7. The summed E-state index contributed by atoms with van der Waals surface area (Å²) in [6.07, 6.45) is 2.14. The zero-order valence-corrected chi connectivity index (χ0v) is 21.8. The van der Waals surface area contributed by atoms with Crippen LogP contribution in [0.15, 0.2) is 30.3 Å². The molecule has 2 aliphatic heterocycles. The fourth-order valence-corrected chi connectivity index (χ4v) is 6.25. The average Bonchev–Trinajstić information content (AvgIpc) is 3.43. The second kappa shape index (κ2) is 9.58. The van der Waals surface area contributed by atoms with Crippen molar-refractivity contribution in [2.45, 2.75) is 45.2 Å². The minimum atomic E-state index is -3.53. The van der Waals surface area contributed by atoms with Gasteiger partial charge in [0.25, 0.3) is 5.91 Å². The Bertz CT molecular complexity index is 1470. The Morgan fingerprint density at radius 1 is 1.19 bits per heavy atom. The third-order valence-electron chi connectivity index (χ3n) is 6.97. The second-order valence-corrected chi connectivity index (χ2v) is 12.0. The first-order valence-electron chi connectivity index (χ1n) is 12.1. The van der Waals surface area contributed by atoms with Crippen LogP contribution in [0.5, 0.6) is 0 Å². The number of aryl methyl sites for hydroxylation is 1. The van der Waals surface area contributed by atoms with Gasteiger partial charge in [-0.15, -0.1) is 10.2 Å². The van der Waals surface area contributed by atoms with E-state index in [2.05, 4.69) is 38.9 Å². The second-order valence-electron chi connectivity index (χ2n) is 9.94. The molecule has 5 rings (SSSR count). The molecule has 37 heavy (non-hydrogen) atoms. The molecule has 4 heterocycles. The molecule has 0 saturated carbocycles. The van der Waals surface area contributed by atoms with Crippen molar-refractivity contribution in [3.05, 3.63) is 58.7 Å². The molecule has 0 fully saturated rings. The van der Waals surface area contributed by atoms with E-state index in [1.165, 1.54) is 23.5 Å². The zero-order valence-electron chi connectivity index (χ0n) is 21.0. The SMILES string of the molecule is COCCS(=O)(=O)N1CCc2cc(F)c(C(=O)Nc3cccc(-c4nnc5n4C(C)(C)CC5)n3)cc2C1. The maximum atomic E-state index is 14.9. The number of nitrogens with one attached hydrogen (secondary N) is 1. The van der Waals surface area contributed by atoms with E-state index in [1.807, 2.05) is 0 Å². The van der Waals surface area contributed by atoms with Crippen molar-refractivity contribution < 1.29 is 22.3 Å². The highest BCUT2D eigenvalue weighted by Crippen LogP contribution is 2.35. The number of aromatic nitrogens is 4. The van der Waals surface area contributed by atoms with Gasteiger partial charge in [-0.2, -0.15) is 4.31 Å². The van der Waals surface area contributed by atoms with Gasteiger partial charge in [0.05, 0.1) is 17.9 Å². The number of ether oxygens (including phenoxy) is 1. The summed E-state index contributed by atoms with van der Waals surface area (Å²) in [5.74, 6) is 0.281. The van der Waals surface area contributed by atoms with Crippen molar-refractivity contribution in [1.82, 2.24) is 24.1 Å². The minimum Gasteiger partial charge on any atom is -0.384 e. The van der Waals surface area contributed by atoms with Crippen LogP contribution in [0, 0.1) is 5.82 Å². The lowest BCUT2D eigenvalue weighted by molar-refractivity contribution is 0.102. The maximum Gasteiger partial charge on any atom is 0.259 e. The highest BCUT2D eigenvalue weighted by atomic mass is 32.2. The summed E-state index contributed by atoms with van der Waals surface area (Å²) in [7, 11) is -2.08. The standard InChI is InChI=1S/C25H29FN6O4S/c1-25(2)9-7-22-29-30-23(32(22)25)20-5-4-6-21(27-20)28-24(33)18-13-17-15-31(37(34,35)12-11-36-3)10-8-16(17)14-19(18)26/h4-6,13-14H,7-12,15H2,1-3H3,(H,27,28,33). The number of amides is 1. The maximum absolute atomic E-state index is 14.9.